The number of carbonyl (C=O) groups excluding carboxylic acids is 1. The van der Waals surface area contributed by atoms with Gasteiger partial charge in [0, 0.05) is 85.7 Å². The zero-order valence-corrected chi connectivity index (χ0v) is 19.4. The summed E-state index contributed by atoms with van der Waals surface area (Å²) in [4.78, 5) is 34.4. The first-order valence-electron chi connectivity index (χ1n) is 11.2. The minimum atomic E-state index is -0.0609. The first-order valence-corrected chi connectivity index (χ1v) is 12.1. The van der Waals surface area contributed by atoms with E-state index >= 15 is 0 Å². The van der Waals surface area contributed by atoms with E-state index < -0.39 is 0 Å². The molecule has 1 aliphatic rings. The molecule has 34 heavy (non-hydrogen) atoms. The van der Waals surface area contributed by atoms with Gasteiger partial charge in [-0.2, -0.15) is 5.26 Å². The number of nitriles is 1. The van der Waals surface area contributed by atoms with Crippen LogP contribution in [0.2, 0.25) is 0 Å². The Hall–Kier alpha value is -3.74. The van der Waals surface area contributed by atoms with Gasteiger partial charge < -0.3 is 9.47 Å². The summed E-state index contributed by atoms with van der Waals surface area (Å²) in [7, 11) is 0. The summed E-state index contributed by atoms with van der Waals surface area (Å²) in [6.07, 6.45) is 7.69. The summed E-state index contributed by atoms with van der Waals surface area (Å²) in [6, 6.07) is 11.8. The van der Waals surface area contributed by atoms with Gasteiger partial charge in [0.05, 0.1) is 18.2 Å². The standard InChI is InChI=1S/C25H24N6O2S/c26-8-3-9-30-17-19(21-4-1-2-5-22(21)30)6-7-23(32)29-12-10-28(11-13-29)18-20-16-24(33)31-14-15-34-25(31)27-20/h1-2,4-7,14-17H,3,9-13,18H2/b7-6+. The molecule has 1 aromatic carbocycles. The first-order chi connectivity index (χ1) is 16.6. The largest absolute Gasteiger partial charge is 0.346 e. The van der Waals surface area contributed by atoms with Gasteiger partial charge >= 0.3 is 0 Å². The van der Waals surface area contributed by atoms with Gasteiger partial charge in [0.15, 0.2) is 4.96 Å². The average Bonchev–Trinajstić information content (AvgIpc) is 3.47. The molecule has 1 saturated heterocycles. The van der Waals surface area contributed by atoms with Crippen molar-refractivity contribution in [1.29, 1.82) is 5.26 Å². The van der Waals surface area contributed by atoms with Crippen LogP contribution in [-0.2, 0) is 17.9 Å². The van der Waals surface area contributed by atoms with Gasteiger partial charge in [-0.1, -0.05) is 18.2 Å². The minimum Gasteiger partial charge on any atom is -0.346 e. The quantitative estimate of drug-likeness (QED) is 0.403. The summed E-state index contributed by atoms with van der Waals surface area (Å²) in [6.45, 7) is 3.96. The molecule has 0 radical (unpaired) electrons. The molecule has 0 aliphatic carbocycles. The van der Waals surface area contributed by atoms with E-state index in [1.54, 1.807) is 22.7 Å². The van der Waals surface area contributed by atoms with Crippen molar-refractivity contribution in [2.24, 2.45) is 0 Å². The van der Waals surface area contributed by atoms with Crippen molar-refractivity contribution in [3.63, 3.8) is 0 Å². The van der Waals surface area contributed by atoms with Gasteiger partial charge in [-0.25, -0.2) is 4.98 Å². The van der Waals surface area contributed by atoms with Gasteiger partial charge in [0.2, 0.25) is 5.91 Å². The van der Waals surface area contributed by atoms with Crippen LogP contribution < -0.4 is 5.56 Å². The lowest BCUT2D eigenvalue weighted by Crippen LogP contribution is -2.48. The number of carbonyl (C=O) groups is 1. The van der Waals surface area contributed by atoms with Crippen LogP contribution in [0.1, 0.15) is 17.7 Å². The van der Waals surface area contributed by atoms with Crippen molar-refractivity contribution in [2.45, 2.75) is 19.5 Å². The number of aryl methyl sites for hydroxylation is 1. The van der Waals surface area contributed by atoms with Crippen LogP contribution >= 0.6 is 11.3 Å². The number of nitrogens with zero attached hydrogens (tertiary/aromatic N) is 6. The maximum Gasteiger partial charge on any atom is 0.258 e. The lowest BCUT2D eigenvalue weighted by Gasteiger charge is -2.34. The second kappa shape index (κ2) is 9.63. The van der Waals surface area contributed by atoms with E-state index in [9.17, 15) is 9.59 Å². The van der Waals surface area contributed by atoms with Crippen LogP contribution in [-0.4, -0.2) is 55.8 Å². The smallest absolute Gasteiger partial charge is 0.258 e. The van der Waals surface area contributed by atoms with Gasteiger partial charge in [-0.05, 0) is 12.1 Å². The molecule has 4 heterocycles. The zero-order valence-electron chi connectivity index (χ0n) is 18.6. The predicted molar refractivity (Wildman–Crippen MR) is 132 cm³/mol. The minimum absolute atomic E-state index is 0.00937. The molecule has 0 N–H and O–H groups in total. The molecule has 1 aliphatic heterocycles. The second-order valence-corrected chi connectivity index (χ2v) is 9.15. The Morgan fingerprint density at radius 2 is 2.03 bits per heavy atom. The van der Waals surface area contributed by atoms with E-state index in [4.69, 9.17) is 5.26 Å². The molecule has 0 saturated carbocycles. The van der Waals surface area contributed by atoms with Gasteiger partial charge in [-0.3, -0.25) is 18.9 Å². The molecule has 0 atom stereocenters. The third-order valence-electron chi connectivity index (χ3n) is 6.12. The average molecular weight is 473 g/mol. The van der Waals surface area contributed by atoms with Crippen molar-refractivity contribution < 1.29 is 4.79 Å². The molecule has 4 aromatic rings. The summed E-state index contributed by atoms with van der Waals surface area (Å²) in [5.41, 5.74) is 2.74. The molecule has 1 amide bonds. The number of amides is 1. The summed E-state index contributed by atoms with van der Waals surface area (Å²) in [5, 5.41) is 11.9. The highest BCUT2D eigenvalue weighted by atomic mass is 32.1. The zero-order chi connectivity index (χ0) is 23.5. The SMILES string of the molecule is N#CCCn1cc(/C=C/C(=O)N2CCN(Cc3cc(=O)n4ccsc4n3)CC2)c2ccccc21. The lowest BCUT2D eigenvalue weighted by molar-refractivity contribution is -0.127. The van der Waals surface area contributed by atoms with E-state index in [0.717, 1.165) is 35.2 Å². The Morgan fingerprint density at radius 3 is 2.85 bits per heavy atom. The molecular formula is C25H24N6O2S. The van der Waals surface area contributed by atoms with Gasteiger partial charge in [0.1, 0.15) is 0 Å². The van der Waals surface area contributed by atoms with Crippen LogP contribution in [0.4, 0.5) is 0 Å². The molecule has 5 rings (SSSR count). The molecule has 0 spiro atoms. The fourth-order valence-corrected chi connectivity index (χ4v) is 5.09. The summed E-state index contributed by atoms with van der Waals surface area (Å²) >= 11 is 1.45. The van der Waals surface area contributed by atoms with E-state index in [-0.39, 0.29) is 11.5 Å². The van der Waals surface area contributed by atoms with Crippen LogP contribution in [0, 0.1) is 11.3 Å². The van der Waals surface area contributed by atoms with E-state index in [2.05, 4.69) is 20.5 Å². The topological polar surface area (TPSA) is 86.6 Å². The number of hydrogen-bond acceptors (Lipinski definition) is 6. The monoisotopic (exact) mass is 472 g/mol. The van der Waals surface area contributed by atoms with E-state index in [1.165, 1.54) is 11.3 Å². The fraction of sp³-hybridized carbons (Fsp3) is 0.280. The van der Waals surface area contributed by atoms with E-state index in [0.29, 0.717) is 37.6 Å². The number of benzene rings is 1. The van der Waals surface area contributed by atoms with Crippen LogP contribution in [0.15, 0.2) is 59.0 Å². The molecule has 9 heteroatoms. The van der Waals surface area contributed by atoms with Crippen molar-refractivity contribution in [2.75, 3.05) is 26.2 Å². The maximum atomic E-state index is 12.8. The fourth-order valence-electron chi connectivity index (χ4n) is 4.35. The number of para-hydroxylation sites is 1. The molecule has 172 valence electrons. The van der Waals surface area contributed by atoms with Crippen molar-refractivity contribution in [3.8, 4) is 6.07 Å². The van der Waals surface area contributed by atoms with Crippen molar-refractivity contribution in [3.05, 3.63) is 75.8 Å². The molecular weight excluding hydrogens is 448 g/mol. The number of rotatable bonds is 6. The Kier molecular flexibility index (Phi) is 6.25. The highest BCUT2D eigenvalue weighted by Crippen LogP contribution is 2.23. The number of fused-ring (bicyclic) bond motifs is 2. The Labute approximate surface area is 200 Å². The summed E-state index contributed by atoms with van der Waals surface area (Å²) < 4.78 is 3.62. The Balaban J connectivity index is 1.21. The molecule has 3 aromatic heterocycles. The normalized spacial score (nSPS) is 14.9. The number of hydrogen-bond donors (Lipinski definition) is 0. The first kappa shape index (κ1) is 22.1. The Bertz CT molecular complexity index is 1470. The molecule has 0 unspecified atom stereocenters. The highest BCUT2D eigenvalue weighted by molar-refractivity contribution is 7.15. The maximum absolute atomic E-state index is 12.8. The molecule has 0 bridgehead atoms. The van der Waals surface area contributed by atoms with E-state index in [1.807, 2.05) is 46.8 Å². The van der Waals surface area contributed by atoms with Gasteiger partial charge in [0.25, 0.3) is 5.56 Å². The van der Waals surface area contributed by atoms with Crippen LogP contribution in [0.5, 0.6) is 0 Å². The van der Waals surface area contributed by atoms with Gasteiger partial charge in [-0.15, -0.1) is 11.3 Å². The third kappa shape index (κ3) is 4.51. The Morgan fingerprint density at radius 1 is 1.21 bits per heavy atom. The summed E-state index contributed by atoms with van der Waals surface area (Å²) in [5.74, 6) is -0.00937. The number of piperazine rings is 1. The second-order valence-electron chi connectivity index (χ2n) is 8.28. The van der Waals surface area contributed by atoms with Crippen molar-refractivity contribution in [1.82, 2.24) is 23.8 Å². The lowest BCUT2D eigenvalue weighted by atomic mass is 10.1. The van der Waals surface area contributed by atoms with Crippen LogP contribution in [0.3, 0.4) is 0 Å². The predicted octanol–water partition coefficient (Wildman–Crippen LogP) is 2.98. The highest BCUT2D eigenvalue weighted by Gasteiger charge is 2.20. The van der Waals surface area contributed by atoms with Crippen molar-refractivity contribution >= 4 is 39.2 Å². The number of thiazole rings is 1. The number of aromatic nitrogens is 3. The van der Waals surface area contributed by atoms with Crippen LogP contribution in [0.25, 0.3) is 21.9 Å². The molecule has 8 nitrogen and oxygen atoms in total. The third-order valence-corrected chi connectivity index (χ3v) is 6.87. The molecule has 1 fully saturated rings.